The van der Waals surface area contributed by atoms with Gasteiger partial charge in [-0.3, -0.25) is 0 Å². The first-order valence-electron chi connectivity index (χ1n) is 8.98. The highest BCUT2D eigenvalue weighted by molar-refractivity contribution is 5.50. The normalized spacial score (nSPS) is 16.3. The van der Waals surface area contributed by atoms with Gasteiger partial charge in [0.25, 0.3) is 0 Å². The maximum atomic E-state index is 5.90. The highest BCUT2D eigenvalue weighted by Crippen LogP contribution is 2.37. The number of hydrogen-bond acceptors (Lipinski definition) is 5. The number of fused-ring (bicyclic) bond motifs is 1. The Morgan fingerprint density at radius 1 is 1.00 bits per heavy atom. The summed E-state index contributed by atoms with van der Waals surface area (Å²) in [6.45, 7) is 2.51. The first kappa shape index (κ1) is 18.5. The third-order valence-electron chi connectivity index (χ3n) is 4.72. The minimum Gasteiger partial charge on any atom is -0.497 e. The summed E-state index contributed by atoms with van der Waals surface area (Å²) >= 11 is 0. The zero-order valence-corrected chi connectivity index (χ0v) is 16.0. The third kappa shape index (κ3) is 4.11. The third-order valence-corrected chi connectivity index (χ3v) is 4.72. The van der Waals surface area contributed by atoms with E-state index in [9.17, 15) is 0 Å². The Morgan fingerprint density at radius 3 is 2.54 bits per heavy atom. The van der Waals surface area contributed by atoms with Gasteiger partial charge in [-0.1, -0.05) is 6.07 Å². The molecule has 0 bridgehead atoms. The van der Waals surface area contributed by atoms with Crippen molar-refractivity contribution in [3.8, 4) is 17.2 Å². The molecule has 0 saturated heterocycles. The van der Waals surface area contributed by atoms with E-state index in [1.807, 2.05) is 32.3 Å². The molecule has 1 unspecified atom stereocenters. The molecule has 0 radical (unpaired) electrons. The molecule has 5 heteroatoms. The molecule has 0 spiro atoms. The Morgan fingerprint density at radius 2 is 1.81 bits per heavy atom. The molecule has 140 valence electrons. The Kier molecular flexibility index (Phi) is 6.01. The standard InChI is InChI=1S/C21H28N2O3/c1-23(2)11-12-26-17-5-7-18-15(13-17)9-10-22-21(18)19-14-16(24-3)6-8-20(19)25-4/h5-8,13-14,21-22H,9-12H2,1-4H3. The van der Waals surface area contributed by atoms with Crippen molar-refractivity contribution in [2.45, 2.75) is 12.5 Å². The summed E-state index contributed by atoms with van der Waals surface area (Å²) in [4.78, 5) is 2.12. The zero-order valence-electron chi connectivity index (χ0n) is 16.0. The molecule has 0 fully saturated rings. The van der Waals surface area contributed by atoms with Crippen LogP contribution in [0.3, 0.4) is 0 Å². The van der Waals surface area contributed by atoms with Gasteiger partial charge in [-0.15, -0.1) is 0 Å². The van der Waals surface area contributed by atoms with E-state index in [-0.39, 0.29) is 6.04 Å². The van der Waals surface area contributed by atoms with Crippen molar-refractivity contribution in [3.63, 3.8) is 0 Å². The monoisotopic (exact) mass is 356 g/mol. The molecule has 0 aliphatic carbocycles. The fraction of sp³-hybridized carbons (Fsp3) is 0.429. The van der Waals surface area contributed by atoms with Gasteiger partial charge in [-0.25, -0.2) is 0 Å². The quantitative estimate of drug-likeness (QED) is 0.826. The first-order valence-corrected chi connectivity index (χ1v) is 8.98. The van der Waals surface area contributed by atoms with Crippen molar-refractivity contribution in [2.75, 3.05) is 48.0 Å². The Hall–Kier alpha value is -2.24. The van der Waals surface area contributed by atoms with E-state index in [0.29, 0.717) is 6.61 Å². The van der Waals surface area contributed by atoms with E-state index in [1.54, 1.807) is 14.2 Å². The van der Waals surface area contributed by atoms with Gasteiger partial charge in [0.2, 0.25) is 0 Å². The predicted octanol–water partition coefficient (Wildman–Crippen LogP) is 2.88. The number of hydrogen-bond donors (Lipinski definition) is 1. The fourth-order valence-electron chi connectivity index (χ4n) is 3.32. The van der Waals surface area contributed by atoms with Gasteiger partial charge in [0.05, 0.1) is 20.3 Å². The van der Waals surface area contributed by atoms with Crippen molar-refractivity contribution in [3.05, 3.63) is 53.1 Å². The Balaban J connectivity index is 1.87. The zero-order chi connectivity index (χ0) is 18.5. The molecule has 2 aromatic rings. The number of benzene rings is 2. The number of nitrogens with zero attached hydrogens (tertiary/aromatic N) is 1. The lowest BCUT2D eigenvalue weighted by atomic mass is 9.89. The average molecular weight is 356 g/mol. The van der Waals surface area contributed by atoms with Crippen LogP contribution in [0.1, 0.15) is 22.7 Å². The van der Waals surface area contributed by atoms with E-state index in [0.717, 1.165) is 42.3 Å². The lowest BCUT2D eigenvalue weighted by Crippen LogP contribution is -2.31. The van der Waals surface area contributed by atoms with Crippen LogP contribution in [0.2, 0.25) is 0 Å². The molecule has 1 aliphatic rings. The average Bonchev–Trinajstić information content (AvgIpc) is 2.66. The molecule has 1 heterocycles. The molecule has 1 atom stereocenters. The summed E-state index contributed by atoms with van der Waals surface area (Å²) in [6.07, 6.45) is 0.989. The maximum Gasteiger partial charge on any atom is 0.124 e. The molecule has 1 aliphatic heterocycles. The number of methoxy groups -OCH3 is 2. The van der Waals surface area contributed by atoms with Gasteiger partial charge >= 0.3 is 0 Å². The van der Waals surface area contributed by atoms with Crippen molar-refractivity contribution in [1.29, 1.82) is 0 Å². The van der Waals surface area contributed by atoms with Crippen molar-refractivity contribution < 1.29 is 14.2 Å². The van der Waals surface area contributed by atoms with Crippen molar-refractivity contribution in [2.24, 2.45) is 0 Å². The molecule has 26 heavy (non-hydrogen) atoms. The van der Waals surface area contributed by atoms with E-state index in [1.165, 1.54) is 11.1 Å². The molecule has 2 aromatic carbocycles. The van der Waals surface area contributed by atoms with Crippen LogP contribution in [0.25, 0.3) is 0 Å². The first-order chi connectivity index (χ1) is 12.6. The van der Waals surface area contributed by atoms with E-state index in [4.69, 9.17) is 14.2 Å². The Bertz CT molecular complexity index is 746. The summed E-state index contributed by atoms with van der Waals surface area (Å²) in [5, 5.41) is 3.61. The second-order valence-corrected chi connectivity index (χ2v) is 6.76. The smallest absolute Gasteiger partial charge is 0.124 e. The van der Waals surface area contributed by atoms with Crippen LogP contribution < -0.4 is 19.5 Å². The van der Waals surface area contributed by atoms with Crippen LogP contribution >= 0.6 is 0 Å². The summed E-state index contributed by atoms with van der Waals surface area (Å²) in [7, 11) is 7.49. The van der Waals surface area contributed by atoms with E-state index >= 15 is 0 Å². The van der Waals surface area contributed by atoms with Crippen molar-refractivity contribution in [1.82, 2.24) is 10.2 Å². The highest BCUT2D eigenvalue weighted by Gasteiger charge is 2.25. The van der Waals surface area contributed by atoms with Crippen LogP contribution in [0.5, 0.6) is 17.2 Å². The molecule has 0 aromatic heterocycles. The van der Waals surface area contributed by atoms with Crippen LogP contribution in [0.4, 0.5) is 0 Å². The molecule has 5 nitrogen and oxygen atoms in total. The second-order valence-electron chi connectivity index (χ2n) is 6.76. The molecule has 3 rings (SSSR count). The topological polar surface area (TPSA) is 43.0 Å². The largest absolute Gasteiger partial charge is 0.497 e. The van der Waals surface area contributed by atoms with Crippen LogP contribution in [0, 0.1) is 0 Å². The molecular formula is C21H28N2O3. The lowest BCUT2D eigenvalue weighted by Gasteiger charge is -2.29. The SMILES string of the molecule is COc1ccc(OC)c(C2NCCc3cc(OCCN(C)C)ccc32)c1. The van der Waals surface area contributed by atoms with E-state index < -0.39 is 0 Å². The predicted molar refractivity (Wildman–Crippen MR) is 104 cm³/mol. The van der Waals surface area contributed by atoms with Gasteiger partial charge in [-0.2, -0.15) is 0 Å². The maximum absolute atomic E-state index is 5.90. The van der Waals surface area contributed by atoms with Crippen molar-refractivity contribution >= 4 is 0 Å². The summed E-state index contributed by atoms with van der Waals surface area (Å²) in [5.74, 6) is 2.63. The lowest BCUT2D eigenvalue weighted by molar-refractivity contribution is 0.261. The molecule has 0 saturated carbocycles. The molecular weight excluding hydrogens is 328 g/mol. The number of ether oxygens (including phenoxy) is 3. The van der Waals surface area contributed by atoms with Crippen LogP contribution in [0.15, 0.2) is 36.4 Å². The summed E-state index contributed by atoms with van der Waals surface area (Å²) in [5.41, 5.74) is 3.68. The van der Waals surface area contributed by atoms with E-state index in [2.05, 4.69) is 28.4 Å². The van der Waals surface area contributed by atoms with Gasteiger partial charge in [0.1, 0.15) is 23.9 Å². The van der Waals surface area contributed by atoms with Crippen LogP contribution in [-0.4, -0.2) is 52.9 Å². The summed E-state index contributed by atoms with van der Waals surface area (Å²) < 4.78 is 16.9. The molecule has 0 amide bonds. The number of rotatable bonds is 7. The minimum absolute atomic E-state index is 0.0830. The number of nitrogens with one attached hydrogen (secondary N) is 1. The van der Waals surface area contributed by atoms with Gasteiger partial charge in [-0.05, 0) is 62.0 Å². The summed E-state index contributed by atoms with van der Waals surface area (Å²) in [6, 6.07) is 12.4. The Labute approximate surface area is 155 Å². The number of likely N-dealkylation sites (N-methyl/N-ethyl adjacent to an activating group) is 1. The molecule has 1 N–H and O–H groups in total. The van der Waals surface area contributed by atoms with Gasteiger partial charge < -0.3 is 24.4 Å². The second kappa shape index (κ2) is 8.43. The highest BCUT2D eigenvalue weighted by atomic mass is 16.5. The van der Waals surface area contributed by atoms with Gasteiger partial charge in [0.15, 0.2) is 0 Å². The minimum atomic E-state index is 0.0830. The fourth-order valence-corrected chi connectivity index (χ4v) is 3.32. The van der Waals surface area contributed by atoms with Crippen LogP contribution in [-0.2, 0) is 6.42 Å². The van der Waals surface area contributed by atoms with Gasteiger partial charge in [0, 0.05) is 18.7 Å².